The zero-order valence-electron chi connectivity index (χ0n) is 11.0. The maximum absolute atomic E-state index is 11.9. The minimum Gasteiger partial charge on any atom is -0.384 e. The molecule has 0 saturated carbocycles. The van der Waals surface area contributed by atoms with E-state index in [9.17, 15) is 9.90 Å². The van der Waals surface area contributed by atoms with Crippen LogP contribution < -0.4 is 5.32 Å². The van der Waals surface area contributed by atoms with Crippen LogP contribution in [0.1, 0.15) is 29.8 Å². The van der Waals surface area contributed by atoms with E-state index in [1.165, 1.54) is 17.5 Å². The van der Waals surface area contributed by atoms with E-state index >= 15 is 0 Å². The maximum Gasteiger partial charge on any atom is 0.254 e. The summed E-state index contributed by atoms with van der Waals surface area (Å²) in [5.41, 5.74) is 0.251. The van der Waals surface area contributed by atoms with Gasteiger partial charge in [-0.3, -0.25) is 9.48 Å². The third-order valence-electron chi connectivity index (χ3n) is 2.96. The molecule has 0 aliphatic rings. The molecule has 6 heteroatoms. The normalized spacial score (nSPS) is 14.1. The average Bonchev–Trinajstić information content (AvgIpc) is 3.06. The van der Waals surface area contributed by atoms with Crippen LogP contribution in [0.25, 0.3) is 0 Å². The van der Waals surface area contributed by atoms with Gasteiger partial charge in [0.2, 0.25) is 0 Å². The molecule has 0 fully saturated rings. The molecule has 1 amide bonds. The Bertz CT molecular complexity index is 546. The summed E-state index contributed by atoms with van der Waals surface area (Å²) in [6.45, 7) is 4.53. The fourth-order valence-electron chi connectivity index (χ4n) is 1.68. The molecule has 5 nitrogen and oxygen atoms in total. The van der Waals surface area contributed by atoms with Gasteiger partial charge in [-0.2, -0.15) is 16.4 Å². The molecule has 2 rings (SSSR count). The summed E-state index contributed by atoms with van der Waals surface area (Å²) >= 11 is 1.52. The molecule has 0 saturated heterocycles. The van der Waals surface area contributed by atoms with Crippen molar-refractivity contribution in [3.8, 4) is 0 Å². The third-order valence-corrected chi connectivity index (χ3v) is 3.64. The molecule has 0 spiro atoms. The molecule has 1 unspecified atom stereocenters. The van der Waals surface area contributed by atoms with Crippen LogP contribution in [0.15, 0.2) is 29.2 Å². The van der Waals surface area contributed by atoms with Crippen molar-refractivity contribution in [1.29, 1.82) is 0 Å². The highest BCUT2D eigenvalue weighted by atomic mass is 32.1. The SMILES string of the molecule is CCn1cc(C(=O)NCC(C)(O)c2ccsc2)cn1. The lowest BCUT2D eigenvalue weighted by molar-refractivity contribution is 0.0530. The first-order valence-electron chi connectivity index (χ1n) is 6.08. The van der Waals surface area contributed by atoms with E-state index in [1.807, 2.05) is 23.8 Å². The van der Waals surface area contributed by atoms with E-state index in [2.05, 4.69) is 10.4 Å². The van der Waals surface area contributed by atoms with Crippen LogP contribution in [-0.4, -0.2) is 27.3 Å². The third kappa shape index (κ3) is 3.21. The summed E-state index contributed by atoms with van der Waals surface area (Å²) in [6.07, 6.45) is 3.22. The van der Waals surface area contributed by atoms with Crippen molar-refractivity contribution in [1.82, 2.24) is 15.1 Å². The second-order valence-corrected chi connectivity index (χ2v) is 5.33. The monoisotopic (exact) mass is 279 g/mol. The predicted molar refractivity (Wildman–Crippen MR) is 74.1 cm³/mol. The Balaban J connectivity index is 1.97. The molecule has 102 valence electrons. The van der Waals surface area contributed by atoms with Crippen LogP contribution in [0.5, 0.6) is 0 Å². The number of hydrogen-bond donors (Lipinski definition) is 2. The zero-order valence-corrected chi connectivity index (χ0v) is 11.8. The first-order chi connectivity index (χ1) is 9.03. The molecule has 19 heavy (non-hydrogen) atoms. The second kappa shape index (κ2) is 5.54. The Hall–Kier alpha value is -1.66. The quantitative estimate of drug-likeness (QED) is 0.873. The summed E-state index contributed by atoms with van der Waals surface area (Å²) < 4.78 is 1.69. The lowest BCUT2D eigenvalue weighted by Crippen LogP contribution is -2.38. The van der Waals surface area contributed by atoms with Crippen LogP contribution in [0.4, 0.5) is 0 Å². The van der Waals surface area contributed by atoms with E-state index < -0.39 is 5.60 Å². The highest BCUT2D eigenvalue weighted by Crippen LogP contribution is 2.22. The van der Waals surface area contributed by atoms with Gasteiger partial charge in [-0.25, -0.2) is 0 Å². The molecule has 0 aliphatic heterocycles. The van der Waals surface area contributed by atoms with Gasteiger partial charge >= 0.3 is 0 Å². The van der Waals surface area contributed by atoms with Gasteiger partial charge in [0.05, 0.1) is 18.3 Å². The summed E-state index contributed by atoms with van der Waals surface area (Å²) in [5.74, 6) is -0.227. The van der Waals surface area contributed by atoms with Gasteiger partial charge in [0.15, 0.2) is 0 Å². The van der Waals surface area contributed by atoms with Gasteiger partial charge in [0.25, 0.3) is 5.91 Å². The lowest BCUT2D eigenvalue weighted by Gasteiger charge is -2.22. The van der Waals surface area contributed by atoms with Crippen molar-refractivity contribution in [3.05, 3.63) is 40.3 Å². The number of nitrogens with one attached hydrogen (secondary N) is 1. The highest BCUT2D eigenvalue weighted by Gasteiger charge is 2.24. The topological polar surface area (TPSA) is 67.2 Å². The van der Waals surface area contributed by atoms with E-state index in [1.54, 1.807) is 17.8 Å². The number of carbonyl (C=O) groups is 1. The summed E-state index contributed by atoms with van der Waals surface area (Å²) in [4.78, 5) is 11.9. The molecular weight excluding hydrogens is 262 g/mol. The first-order valence-corrected chi connectivity index (χ1v) is 7.03. The molecule has 2 aromatic heterocycles. The van der Waals surface area contributed by atoms with Crippen LogP contribution in [0.3, 0.4) is 0 Å². The van der Waals surface area contributed by atoms with Crippen LogP contribution in [0.2, 0.25) is 0 Å². The lowest BCUT2D eigenvalue weighted by atomic mass is 9.99. The summed E-state index contributed by atoms with van der Waals surface area (Å²) in [5, 5.41) is 20.8. The number of aryl methyl sites for hydroxylation is 1. The summed E-state index contributed by atoms with van der Waals surface area (Å²) in [6, 6.07) is 1.85. The van der Waals surface area contributed by atoms with Crippen molar-refractivity contribution in [2.45, 2.75) is 26.0 Å². The smallest absolute Gasteiger partial charge is 0.254 e. The Morgan fingerprint density at radius 2 is 2.42 bits per heavy atom. The number of nitrogens with zero attached hydrogens (tertiary/aromatic N) is 2. The number of aromatic nitrogens is 2. The number of amides is 1. The molecule has 0 aromatic carbocycles. The highest BCUT2D eigenvalue weighted by molar-refractivity contribution is 7.08. The number of carbonyl (C=O) groups excluding carboxylic acids is 1. The molecular formula is C13H17N3O2S. The van der Waals surface area contributed by atoms with Crippen molar-refractivity contribution in [2.24, 2.45) is 0 Å². The molecule has 0 bridgehead atoms. The summed E-state index contributed by atoms with van der Waals surface area (Å²) in [7, 11) is 0. The van der Waals surface area contributed by atoms with E-state index in [-0.39, 0.29) is 12.5 Å². The standard InChI is InChI=1S/C13H17N3O2S/c1-3-16-7-10(6-15-16)12(17)14-9-13(2,18)11-4-5-19-8-11/h4-8,18H,3,9H2,1-2H3,(H,14,17). The number of hydrogen-bond acceptors (Lipinski definition) is 4. The van der Waals surface area contributed by atoms with Gasteiger partial charge in [-0.15, -0.1) is 0 Å². The number of rotatable bonds is 5. The Morgan fingerprint density at radius 1 is 1.63 bits per heavy atom. The largest absolute Gasteiger partial charge is 0.384 e. The van der Waals surface area contributed by atoms with E-state index in [4.69, 9.17) is 0 Å². The minimum atomic E-state index is -1.06. The maximum atomic E-state index is 11.9. The van der Waals surface area contributed by atoms with Crippen molar-refractivity contribution < 1.29 is 9.90 Å². The molecule has 1 atom stereocenters. The zero-order chi connectivity index (χ0) is 13.9. The van der Waals surface area contributed by atoms with Crippen molar-refractivity contribution >= 4 is 17.2 Å². The predicted octanol–water partition coefficient (Wildman–Crippen LogP) is 1.60. The van der Waals surface area contributed by atoms with Crippen molar-refractivity contribution in [3.63, 3.8) is 0 Å². The fraction of sp³-hybridized carbons (Fsp3) is 0.385. The van der Waals surface area contributed by atoms with E-state index in [0.717, 1.165) is 12.1 Å². The number of thiophene rings is 1. The van der Waals surface area contributed by atoms with Gasteiger partial charge in [-0.05, 0) is 36.2 Å². The first kappa shape index (κ1) is 13.8. The fourth-order valence-corrected chi connectivity index (χ4v) is 2.46. The molecule has 2 N–H and O–H groups in total. The minimum absolute atomic E-state index is 0.167. The van der Waals surface area contributed by atoms with E-state index in [0.29, 0.717) is 5.56 Å². The van der Waals surface area contributed by atoms with Crippen LogP contribution >= 0.6 is 11.3 Å². The van der Waals surface area contributed by atoms with Crippen LogP contribution in [-0.2, 0) is 12.1 Å². The molecule has 2 heterocycles. The van der Waals surface area contributed by atoms with Gasteiger partial charge < -0.3 is 10.4 Å². The Morgan fingerprint density at radius 3 is 3.00 bits per heavy atom. The van der Waals surface area contributed by atoms with Gasteiger partial charge in [-0.1, -0.05) is 0 Å². The second-order valence-electron chi connectivity index (χ2n) is 4.55. The Labute approximate surface area is 115 Å². The van der Waals surface area contributed by atoms with Gasteiger partial charge in [0, 0.05) is 12.7 Å². The molecule has 2 aromatic rings. The average molecular weight is 279 g/mol. The van der Waals surface area contributed by atoms with Crippen LogP contribution in [0, 0.1) is 0 Å². The Kier molecular flexibility index (Phi) is 4.01. The number of aliphatic hydroxyl groups is 1. The molecule has 0 radical (unpaired) electrons. The van der Waals surface area contributed by atoms with Crippen molar-refractivity contribution in [2.75, 3.05) is 6.54 Å². The molecule has 0 aliphatic carbocycles. The van der Waals surface area contributed by atoms with Gasteiger partial charge in [0.1, 0.15) is 5.60 Å².